The summed E-state index contributed by atoms with van der Waals surface area (Å²) in [5.41, 5.74) is 2.03. The van der Waals surface area contributed by atoms with Crippen LogP contribution in [0.1, 0.15) is 23.7 Å². The van der Waals surface area contributed by atoms with E-state index in [9.17, 15) is 4.79 Å². The Morgan fingerprint density at radius 1 is 1.38 bits per heavy atom. The maximum Gasteiger partial charge on any atom is 0.223 e. The van der Waals surface area contributed by atoms with Gasteiger partial charge >= 0.3 is 0 Å². The van der Waals surface area contributed by atoms with E-state index in [4.69, 9.17) is 4.74 Å². The molecule has 110 valence electrons. The number of likely N-dealkylation sites (N-methyl/N-ethyl adjacent to an activating group) is 1. The second-order valence-corrected chi connectivity index (χ2v) is 5.41. The molecule has 1 aliphatic rings. The molecule has 0 spiro atoms. The van der Waals surface area contributed by atoms with Crippen molar-refractivity contribution in [2.75, 3.05) is 20.7 Å². The summed E-state index contributed by atoms with van der Waals surface area (Å²) in [6.45, 7) is 2.70. The third-order valence-corrected chi connectivity index (χ3v) is 3.87. The lowest BCUT2D eigenvalue weighted by Gasteiger charge is -2.15. The highest BCUT2D eigenvalue weighted by Crippen LogP contribution is 2.30. The van der Waals surface area contributed by atoms with E-state index < -0.39 is 0 Å². The van der Waals surface area contributed by atoms with Gasteiger partial charge in [0.2, 0.25) is 5.91 Å². The molecule has 1 aromatic heterocycles. The first-order chi connectivity index (χ1) is 10.1. The average molecular weight is 286 g/mol. The predicted molar refractivity (Wildman–Crippen MR) is 77.6 cm³/mol. The predicted octanol–water partition coefficient (Wildman–Crippen LogP) is 1.53. The fourth-order valence-electron chi connectivity index (χ4n) is 2.73. The monoisotopic (exact) mass is 286 g/mol. The van der Waals surface area contributed by atoms with Crippen molar-refractivity contribution in [1.82, 2.24) is 19.7 Å². The number of aryl methyl sites for hydroxylation is 1. The van der Waals surface area contributed by atoms with Gasteiger partial charge in [-0.1, -0.05) is 6.07 Å². The van der Waals surface area contributed by atoms with Crippen molar-refractivity contribution in [3.8, 4) is 11.4 Å². The Labute approximate surface area is 123 Å². The van der Waals surface area contributed by atoms with Crippen LogP contribution in [-0.2, 0) is 4.79 Å². The number of rotatable bonds is 3. The summed E-state index contributed by atoms with van der Waals surface area (Å²) in [6, 6.07) is 5.96. The van der Waals surface area contributed by atoms with Crippen LogP contribution >= 0.6 is 0 Å². The summed E-state index contributed by atoms with van der Waals surface area (Å²) < 4.78 is 7.35. The number of hydrogen-bond donors (Lipinski definition) is 0. The zero-order valence-electron chi connectivity index (χ0n) is 12.4. The summed E-state index contributed by atoms with van der Waals surface area (Å²) in [7, 11) is 3.46. The number of hydrogen-bond acceptors (Lipinski definition) is 4. The van der Waals surface area contributed by atoms with Crippen molar-refractivity contribution in [3.63, 3.8) is 0 Å². The molecular formula is C15H18N4O2. The zero-order valence-corrected chi connectivity index (χ0v) is 12.4. The number of methoxy groups -OCH3 is 1. The molecule has 1 fully saturated rings. The minimum absolute atomic E-state index is 0.0650. The number of ether oxygens (including phenoxy) is 1. The molecule has 1 aromatic carbocycles. The number of likely N-dealkylation sites (tertiary alicyclic amines) is 1. The van der Waals surface area contributed by atoms with Gasteiger partial charge in [0.1, 0.15) is 17.9 Å². The van der Waals surface area contributed by atoms with Crippen LogP contribution in [0.3, 0.4) is 0 Å². The highest BCUT2D eigenvalue weighted by Gasteiger charge is 2.32. The van der Waals surface area contributed by atoms with E-state index >= 15 is 0 Å². The van der Waals surface area contributed by atoms with Gasteiger partial charge in [0.25, 0.3) is 0 Å². The van der Waals surface area contributed by atoms with Crippen LogP contribution < -0.4 is 4.74 Å². The van der Waals surface area contributed by atoms with E-state index in [0.717, 1.165) is 22.8 Å². The Hall–Kier alpha value is -2.37. The normalized spacial score (nSPS) is 18.3. The fraction of sp³-hybridized carbons (Fsp3) is 0.400. The molecule has 3 rings (SSSR count). The van der Waals surface area contributed by atoms with Crippen molar-refractivity contribution in [1.29, 1.82) is 0 Å². The maximum absolute atomic E-state index is 11.7. The van der Waals surface area contributed by atoms with Crippen molar-refractivity contribution >= 4 is 5.91 Å². The molecule has 1 saturated heterocycles. The molecule has 0 N–H and O–H groups in total. The van der Waals surface area contributed by atoms with Gasteiger partial charge in [-0.05, 0) is 24.6 Å². The van der Waals surface area contributed by atoms with Crippen LogP contribution in [0.4, 0.5) is 0 Å². The molecule has 6 nitrogen and oxygen atoms in total. The Kier molecular flexibility index (Phi) is 3.37. The summed E-state index contributed by atoms with van der Waals surface area (Å²) in [4.78, 5) is 13.5. The van der Waals surface area contributed by atoms with Crippen LogP contribution in [0.15, 0.2) is 24.5 Å². The molecule has 2 aromatic rings. The standard InChI is InChI=1S/C15H18N4O2/c1-10-4-5-13(21-3)12(6-10)19-9-16-17-15(19)11-7-14(20)18(2)8-11/h4-6,9,11H,7-8H2,1-3H3. The van der Waals surface area contributed by atoms with Crippen molar-refractivity contribution in [3.05, 3.63) is 35.9 Å². The van der Waals surface area contributed by atoms with Gasteiger partial charge in [0.05, 0.1) is 12.8 Å². The molecule has 1 atom stereocenters. The highest BCUT2D eigenvalue weighted by atomic mass is 16.5. The Morgan fingerprint density at radius 2 is 2.19 bits per heavy atom. The topological polar surface area (TPSA) is 60.2 Å². The molecule has 6 heteroatoms. The fourth-order valence-corrected chi connectivity index (χ4v) is 2.73. The van der Waals surface area contributed by atoms with E-state index in [1.807, 2.05) is 36.7 Å². The van der Waals surface area contributed by atoms with E-state index in [2.05, 4.69) is 10.2 Å². The maximum atomic E-state index is 11.7. The second kappa shape index (κ2) is 5.20. The third-order valence-electron chi connectivity index (χ3n) is 3.87. The highest BCUT2D eigenvalue weighted by molar-refractivity contribution is 5.79. The van der Waals surface area contributed by atoms with Gasteiger partial charge in [-0.3, -0.25) is 9.36 Å². The van der Waals surface area contributed by atoms with E-state index in [-0.39, 0.29) is 11.8 Å². The summed E-state index contributed by atoms with van der Waals surface area (Å²) in [5.74, 6) is 1.77. The van der Waals surface area contributed by atoms with Crippen molar-refractivity contribution in [2.24, 2.45) is 0 Å². The lowest BCUT2D eigenvalue weighted by atomic mass is 10.1. The minimum Gasteiger partial charge on any atom is -0.495 e. The van der Waals surface area contributed by atoms with Crippen LogP contribution in [0.5, 0.6) is 5.75 Å². The smallest absolute Gasteiger partial charge is 0.223 e. The molecule has 0 radical (unpaired) electrons. The lowest BCUT2D eigenvalue weighted by Crippen LogP contribution is -2.19. The van der Waals surface area contributed by atoms with E-state index in [1.54, 1.807) is 18.3 Å². The summed E-state index contributed by atoms with van der Waals surface area (Å²) in [5, 5.41) is 8.25. The molecule has 0 aliphatic carbocycles. The van der Waals surface area contributed by atoms with Gasteiger partial charge < -0.3 is 9.64 Å². The van der Waals surface area contributed by atoms with Crippen LogP contribution in [0, 0.1) is 6.92 Å². The van der Waals surface area contributed by atoms with Crippen LogP contribution in [0.25, 0.3) is 5.69 Å². The second-order valence-electron chi connectivity index (χ2n) is 5.41. The van der Waals surface area contributed by atoms with Crippen molar-refractivity contribution in [2.45, 2.75) is 19.3 Å². The Morgan fingerprint density at radius 3 is 2.86 bits per heavy atom. The van der Waals surface area contributed by atoms with Crippen molar-refractivity contribution < 1.29 is 9.53 Å². The van der Waals surface area contributed by atoms with E-state index in [0.29, 0.717) is 13.0 Å². The minimum atomic E-state index is 0.0650. The number of aromatic nitrogens is 3. The van der Waals surface area contributed by atoms with Gasteiger partial charge in [-0.2, -0.15) is 0 Å². The molecule has 1 aliphatic heterocycles. The number of amides is 1. The third kappa shape index (κ3) is 2.37. The molecular weight excluding hydrogens is 268 g/mol. The molecule has 0 bridgehead atoms. The molecule has 1 amide bonds. The number of benzene rings is 1. The SMILES string of the molecule is COc1ccc(C)cc1-n1cnnc1C1CC(=O)N(C)C1. The summed E-state index contributed by atoms with van der Waals surface area (Å²) >= 11 is 0. The number of carbonyl (C=O) groups excluding carboxylic acids is 1. The Bertz CT molecular complexity index is 680. The quantitative estimate of drug-likeness (QED) is 0.858. The van der Waals surface area contributed by atoms with Gasteiger partial charge in [-0.15, -0.1) is 10.2 Å². The van der Waals surface area contributed by atoms with Gasteiger partial charge in [-0.25, -0.2) is 0 Å². The lowest BCUT2D eigenvalue weighted by molar-refractivity contribution is -0.126. The average Bonchev–Trinajstić information content (AvgIpc) is 3.06. The molecule has 1 unspecified atom stereocenters. The number of nitrogens with zero attached hydrogens (tertiary/aromatic N) is 4. The summed E-state index contributed by atoms with van der Waals surface area (Å²) in [6.07, 6.45) is 2.15. The first-order valence-electron chi connectivity index (χ1n) is 6.89. The van der Waals surface area contributed by atoms with E-state index in [1.165, 1.54) is 0 Å². The number of carbonyl (C=O) groups is 1. The molecule has 21 heavy (non-hydrogen) atoms. The zero-order chi connectivity index (χ0) is 15.0. The largest absolute Gasteiger partial charge is 0.495 e. The molecule has 2 heterocycles. The van der Waals surface area contributed by atoms with Crippen LogP contribution in [0.2, 0.25) is 0 Å². The first kappa shape index (κ1) is 13.6. The Balaban J connectivity index is 2.04. The first-order valence-corrected chi connectivity index (χ1v) is 6.89. The van der Waals surface area contributed by atoms with Gasteiger partial charge in [0.15, 0.2) is 0 Å². The molecule has 0 saturated carbocycles. The van der Waals surface area contributed by atoms with Gasteiger partial charge in [0, 0.05) is 25.9 Å². The van der Waals surface area contributed by atoms with Crippen LogP contribution in [-0.4, -0.2) is 46.3 Å².